The van der Waals surface area contributed by atoms with Gasteiger partial charge >= 0.3 is 19.8 Å². The van der Waals surface area contributed by atoms with E-state index in [2.05, 4.69) is 50.3 Å². The number of rotatable bonds is 39. The highest BCUT2D eigenvalue weighted by Crippen LogP contribution is 2.43. The second-order valence-electron chi connectivity index (χ2n) is 13.8. The first-order chi connectivity index (χ1) is 25.3. The lowest BCUT2D eigenvalue weighted by Gasteiger charge is -2.19. The van der Waals surface area contributed by atoms with E-state index in [0.717, 1.165) is 77.0 Å². The van der Waals surface area contributed by atoms with Crippen molar-refractivity contribution < 1.29 is 37.6 Å². The summed E-state index contributed by atoms with van der Waals surface area (Å²) in [5.41, 5.74) is 5.34. The number of phosphoric acid groups is 1. The molecule has 0 aliphatic heterocycles. The smallest absolute Gasteiger partial charge is 0.462 e. The minimum absolute atomic E-state index is 0.0500. The van der Waals surface area contributed by atoms with Crippen molar-refractivity contribution in [3.8, 4) is 0 Å². The second kappa shape index (κ2) is 38.9. The summed E-state index contributed by atoms with van der Waals surface area (Å²) in [5.74, 6) is -0.849. The van der Waals surface area contributed by atoms with Crippen molar-refractivity contribution in [3.63, 3.8) is 0 Å². The van der Waals surface area contributed by atoms with Gasteiger partial charge in [0.2, 0.25) is 0 Å². The highest BCUT2D eigenvalue weighted by Gasteiger charge is 2.26. The Kier molecular flexibility index (Phi) is 37.6. The number of nitrogens with two attached hydrogens (primary N) is 1. The quantitative estimate of drug-likeness (QED) is 0.0272. The van der Waals surface area contributed by atoms with Crippen LogP contribution in [-0.2, 0) is 32.7 Å². The average molecular weight is 756 g/mol. The zero-order valence-electron chi connectivity index (χ0n) is 33.3. The fourth-order valence-electron chi connectivity index (χ4n) is 5.59. The number of ether oxygens (including phenoxy) is 2. The summed E-state index contributed by atoms with van der Waals surface area (Å²) in [6, 6.07) is 0. The third-order valence-electron chi connectivity index (χ3n) is 8.75. The van der Waals surface area contributed by atoms with Crippen LogP contribution in [0.3, 0.4) is 0 Å². The lowest BCUT2D eigenvalue weighted by atomic mass is 10.1. The van der Waals surface area contributed by atoms with Crippen molar-refractivity contribution in [3.05, 3.63) is 36.5 Å². The van der Waals surface area contributed by atoms with E-state index in [1.54, 1.807) is 0 Å². The van der Waals surface area contributed by atoms with Gasteiger partial charge in [-0.3, -0.25) is 18.6 Å². The Bertz CT molecular complexity index is 954. The number of phosphoric ester groups is 1. The maximum Gasteiger partial charge on any atom is 0.472 e. The van der Waals surface area contributed by atoms with Crippen molar-refractivity contribution in [2.75, 3.05) is 26.4 Å². The monoisotopic (exact) mass is 756 g/mol. The molecule has 2 unspecified atom stereocenters. The van der Waals surface area contributed by atoms with Gasteiger partial charge in [-0.1, -0.05) is 147 Å². The van der Waals surface area contributed by atoms with Crippen molar-refractivity contribution in [2.45, 2.75) is 193 Å². The Labute approximate surface area is 318 Å². The fraction of sp³-hybridized carbons (Fsp3) is 0.810. The predicted molar refractivity (Wildman–Crippen MR) is 215 cm³/mol. The molecular formula is C42H78NO8P. The Morgan fingerprint density at radius 2 is 1.02 bits per heavy atom. The van der Waals surface area contributed by atoms with E-state index in [9.17, 15) is 19.0 Å². The van der Waals surface area contributed by atoms with Gasteiger partial charge in [0.05, 0.1) is 13.2 Å². The van der Waals surface area contributed by atoms with Crippen LogP contribution in [0.4, 0.5) is 0 Å². The molecule has 0 bridgehead atoms. The van der Waals surface area contributed by atoms with Gasteiger partial charge < -0.3 is 20.1 Å². The molecule has 0 rings (SSSR count). The van der Waals surface area contributed by atoms with Gasteiger partial charge in [0.1, 0.15) is 6.61 Å². The number of allylic oxidation sites excluding steroid dienone is 6. The van der Waals surface area contributed by atoms with Crippen LogP contribution in [0.1, 0.15) is 187 Å². The van der Waals surface area contributed by atoms with Crippen molar-refractivity contribution in [2.24, 2.45) is 5.73 Å². The number of unbranched alkanes of at least 4 members (excludes halogenated alkanes) is 20. The van der Waals surface area contributed by atoms with Crippen molar-refractivity contribution in [1.29, 1.82) is 0 Å². The van der Waals surface area contributed by atoms with E-state index < -0.39 is 32.5 Å². The lowest BCUT2D eigenvalue weighted by Crippen LogP contribution is -2.29. The van der Waals surface area contributed by atoms with Gasteiger partial charge in [0.15, 0.2) is 6.10 Å². The average Bonchev–Trinajstić information content (AvgIpc) is 3.13. The molecule has 0 spiro atoms. The number of esters is 2. The molecule has 0 saturated heterocycles. The zero-order valence-corrected chi connectivity index (χ0v) is 34.2. The van der Waals surface area contributed by atoms with E-state index in [4.69, 9.17) is 24.3 Å². The summed E-state index contributed by atoms with van der Waals surface area (Å²) in [7, 11) is -4.38. The molecule has 0 amide bonds. The summed E-state index contributed by atoms with van der Waals surface area (Å²) in [6.45, 7) is 3.66. The Morgan fingerprint density at radius 1 is 0.577 bits per heavy atom. The molecule has 0 aromatic carbocycles. The molecule has 0 aliphatic carbocycles. The summed E-state index contributed by atoms with van der Waals surface area (Å²) in [6.07, 6.45) is 41.7. The summed E-state index contributed by atoms with van der Waals surface area (Å²) in [5, 5.41) is 0. The molecule has 2 atom stereocenters. The van der Waals surface area contributed by atoms with Crippen molar-refractivity contribution in [1.82, 2.24) is 0 Å². The number of hydrogen-bond donors (Lipinski definition) is 2. The third-order valence-corrected chi connectivity index (χ3v) is 9.73. The molecule has 0 fully saturated rings. The number of hydrogen-bond acceptors (Lipinski definition) is 8. The van der Waals surface area contributed by atoms with Crippen LogP contribution in [0.5, 0.6) is 0 Å². The first-order valence-corrected chi connectivity index (χ1v) is 22.5. The van der Waals surface area contributed by atoms with Gasteiger partial charge in [-0.05, 0) is 64.2 Å². The van der Waals surface area contributed by atoms with E-state index in [1.807, 2.05) is 0 Å². The molecule has 10 heteroatoms. The molecule has 304 valence electrons. The van der Waals surface area contributed by atoms with Crippen LogP contribution in [0, 0.1) is 0 Å². The molecule has 0 aromatic heterocycles. The molecule has 9 nitrogen and oxygen atoms in total. The molecule has 0 heterocycles. The minimum Gasteiger partial charge on any atom is -0.462 e. The zero-order chi connectivity index (χ0) is 38.2. The van der Waals surface area contributed by atoms with Gasteiger partial charge in [0.25, 0.3) is 0 Å². The SMILES string of the molecule is CCCC/C=C\C/C=C\CCCCCCCC(=O)OC(COC(=O)CCCCCCCCC/C=C\CCCCCCCC)COP(=O)(O)OCCN. The molecular weight excluding hydrogens is 677 g/mol. The molecule has 52 heavy (non-hydrogen) atoms. The fourth-order valence-corrected chi connectivity index (χ4v) is 6.35. The van der Waals surface area contributed by atoms with Gasteiger partial charge in [-0.2, -0.15) is 0 Å². The van der Waals surface area contributed by atoms with E-state index in [1.165, 1.54) is 77.0 Å². The maximum atomic E-state index is 12.5. The first kappa shape index (κ1) is 50.2. The van der Waals surface area contributed by atoms with Gasteiger partial charge in [-0.15, -0.1) is 0 Å². The second-order valence-corrected chi connectivity index (χ2v) is 15.3. The number of carbonyl (C=O) groups is 2. The van der Waals surface area contributed by atoms with E-state index in [0.29, 0.717) is 6.42 Å². The van der Waals surface area contributed by atoms with Crippen LogP contribution in [0.2, 0.25) is 0 Å². The van der Waals surface area contributed by atoms with Crippen LogP contribution in [0.15, 0.2) is 36.5 Å². The normalized spacial score (nSPS) is 13.7. The predicted octanol–water partition coefficient (Wildman–Crippen LogP) is 11.8. The Morgan fingerprint density at radius 3 is 1.54 bits per heavy atom. The molecule has 0 aliphatic rings. The molecule has 3 N–H and O–H groups in total. The van der Waals surface area contributed by atoms with Crippen molar-refractivity contribution >= 4 is 19.8 Å². The summed E-state index contributed by atoms with van der Waals surface area (Å²) in [4.78, 5) is 34.8. The largest absolute Gasteiger partial charge is 0.472 e. The molecule has 0 saturated carbocycles. The highest BCUT2D eigenvalue weighted by atomic mass is 31.2. The third kappa shape index (κ3) is 38.0. The standard InChI is InChI=1S/C42H78NO8P/c1-3-5-7-9-11-13-15-17-19-20-21-23-24-26-28-30-32-34-41(44)48-38-40(39-50-52(46,47)49-37-36-43)51-42(45)35-33-31-29-27-25-22-18-16-14-12-10-8-6-4-2/h10,12,16-19,40H,3-9,11,13-15,20-39,43H2,1-2H3,(H,46,47)/b12-10-,18-16-,19-17-. The number of carbonyl (C=O) groups excluding carboxylic acids is 2. The van der Waals surface area contributed by atoms with Crippen LogP contribution < -0.4 is 5.73 Å². The highest BCUT2D eigenvalue weighted by molar-refractivity contribution is 7.47. The van der Waals surface area contributed by atoms with Gasteiger partial charge in [-0.25, -0.2) is 4.57 Å². The lowest BCUT2D eigenvalue weighted by molar-refractivity contribution is -0.161. The molecule has 0 radical (unpaired) electrons. The Hall–Kier alpha value is -1.77. The summed E-state index contributed by atoms with van der Waals surface area (Å²) >= 11 is 0. The molecule has 0 aromatic rings. The summed E-state index contributed by atoms with van der Waals surface area (Å²) < 4.78 is 32.7. The maximum absolute atomic E-state index is 12.5. The van der Waals surface area contributed by atoms with Crippen LogP contribution >= 0.6 is 7.82 Å². The minimum atomic E-state index is -4.38. The first-order valence-electron chi connectivity index (χ1n) is 21.0. The topological polar surface area (TPSA) is 134 Å². The van der Waals surface area contributed by atoms with Crippen LogP contribution in [-0.4, -0.2) is 49.3 Å². The van der Waals surface area contributed by atoms with Gasteiger partial charge in [0, 0.05) is 19.4 Å². The van der Waals surface area contributed by atoms with Crippen LogP contribution in [0.25, 0.3) is 0 Å². The Balaban J connectivity index is 4.18. The van der Waals surface area contributed by atoms with E-state index >= 15 is 0 Å². The van der Waals surface area contributed by atoms with E-state index in [-0.39, 0.29) is 32.6 Å².